The van der Waals surface area contributed by atoms with Crippen LogP contribution in [0.1, 0.15) is 24.8 Å². The van der Waals surface area contributed by atoms with E-state index >= 15 is 0 Å². The van der Waals surface area contributed by atoms with Crippen LogP contribution in [0, 0.1) is 0 Å². The Balaban J connectivity index is 1.73. The number of para-hydroxylation sites is 1. The fraction of sp³-hybridized carbons (Fsp3) is 0.409. The Morgan fingerprint density at radius 1 is 1.17 bits per heavy atom. The maximum atomic E-state index is 13.0. The van der Waals surface area contributed by atoms with E-state index in [4.69, 9.17) is 4.74 Å². The fourth-order valence-electron chi connectivity index (χ4n) is 4.35. The number of ether oxygens (including phenoxy) is 1. The predicted molar refractivity (Wildman–Crippen MR) is 112 cm³/mol. The summed E-state index contributed by atoms with van der Waals surface area (Å²) < 4.78 is 45.2. The number of rotatable bonds is 3. The summed E-state index contributed by atoms with van der Waals surface area (Å²) in [7, 11) is -4.03. The van der Waals surface area contributed by atoms with Gasteiger partial charge in [-0.3, -0.25) is 4.79 Å². The van der Waals surface area contributed by atoms with Crippen molar-refractivity contribution in [2.24, 2.45) is 0 Å². The highest BCUT2D eigenvalue weighted by atomic mass is 32.2. The van der Waals surface area contributed by atoms with Crippen LogP contribution in [0.5, 0.6) is 5.75 Å². The number of nitrogens with one attached hydrogen (secondary N) is 1. The Kier molecular flexibility index (Phi) is 6.06. The predicted octanol–water partition coefficient (Wildman–Crippen LogP) is 2.88. The first-order chi connectivity index (χ1) is 14.5. The molecule has 6 nitrogen and oxygen atoms in total. The first kappa shape index (κ1) is 20.8. The molecule has 1 fully saturated rings. The maximum Gasteiger partial charge on any atom is 0.241 e. The largest absolute Gasteiger partial charge is 0.492 e. The molecule has 0 radical (unpaired) electrons. The highest BCUT2D eigenvalue weighted by molar-refractivity contribution is 7.89. The van der Waals surface area contributed by atoms with Crippen LogP contribution in [-0.4, -0.2) is 50.5 Å². The average molecular weight is 433 g/mol. The van der Waals surface area contributed by atoms with E-state index in [1.165, 1.54) is 0 Å². The van der Waals surface area contributed by atoms with Crippen molar-refractivity contribution in [3.05, 3.63) is 54.1 Å². The van der Waals surface area contributed by atoms with E-state index in [9.17, 15) is 17.6 Å². The molecule has 2 bridgehead atoms. The molecule has 8 heteroatoms. The van der Waals surface area contributed by atoms with Crippen molar-refractivity contribution in [1.82, 2.24) is 9.62 Å². The minimum atomic E-state index is -4.03. The molecule has 1 amide bonds. The van der Waals surface area contributed by atoms with Gasteiger partial charge in [0, 0.05) is 18.2 Å². The molecule has 1 N–H and O–H groups in total. The van der Waals surface area contributed by atoms with Crippen LogP contribution < -0.4 is 9.46 Å². The zero-order chi connectivity index (χ0) is 21.1. The summed E-state index contributed by atoms with van der Waals surface area (Å²) >= 11 is 0. The second-order valence-corrected chi connectivity index (χ2v) is 9.43. The van der Waals surface area contributed by atoms with Gasteiger partial charge in [0.25, 0.3) is 0 Å². The zero-order valence-corrected chi connectivity index (χ0v) is 17.4. The van der Waals surface area contributed by atoms with Crippen LogP contribution >= 0.6 is 0 Å². The maximum absolute atomic E-state index is 13.0. The van der Waals surface area contributed by atoms with Gasteiger partial charge in [-0.2, -0.15) is 0 Å². The molecule has 4 rings (SSSR count). The summed E-state index contributed by atoms with van der Waals surface area (Å²) in [6.45, 7) is 0.785. The molecule has 2 atom stereocenters. The van der Waals surface area contributed by atoms with Crippen LogP contribution in [0.4, 0.5) is 4.39 Å². The highest BCUT2D eigenvalue weighted by Crippen LogP contribution is 2.32. The molecule has 1 saturated heterocycles. The summed E-state index contributed by atoms with van der Waals surface area (Å²) in [6, 6.07) is 13.3. The van der Waals surface area contributed by atoms with E-state index < -0.39 is 22.1 Å². The van der Waals surface area contributed by atoms with Crippen molar-refractivity contribution in [2.45, 2.75) is 37.8 Å². The van der Waals surface area contributed by atoms with Crippen molar-refractivity contribution in [2.75, 3.05) is 19.2 Å². The van der Waals surface area contributed by atoms with E-state index in [2.05, 4.69) is 4.72 Å². The molecule has 160 valence electrons. The highest BCUT2D eigenvalue weighted by Gasteiger charge is 2.36. The molecule has 2 aromatic rings. The van der Waals surface area contributed by atoms with Crippen LogP contribution in [-0.2, 0) is 21.2 Å². The third kappa shape index (κ3) is 4.49. The van der Waals surface area contributed by atoms with E-state index in [1.54, 1.807) is 4.90 Å². The number of benzene rings is 2. The summed E-state index contributed by atoms with van der Waals surface area (Å²) in [5.74, 6) is 0.644. The SMILES string of the molecule is O=C1CCOc2ccccc2-c2cccc(c2)C[C@H]2[C@@H](NS(=O)(=O)CF)CCCN12. The van der Waals surface area contributed by atoms with E-state index in [-0.39, 0.29) is 25.0 Å². The van der Waals surface area contributed by atoms with Gasteiger partial charge in [-0.25, -0.2) is 17.5 Å². The van der Waals surface area contributed by atoms with Crippen molar-refractivity contribution in [3.63, 3.8) is 0 Å². The topological polar surface area (TPSA) is 75.7 Å². The number of sulfonamides is 1. The molecule has 2 aromatic carbocycles. The summed E-state index contributed by atoms with van der Waals surface area (Å²) in [4.78, 5) is 14.7. The molecule has 0 spiro atoms. The number of alkyl halides is 1. The second-order valence-electron chi connectivity index (χ2n) is 7.74. The minimum Gasteiger partial charge on any atom is -0.492 e. The van der Waals surface area contributed by atoms with E-state index in [1.807, 2.05) is 48.5 Å². The summed E-state index contributed by atoms with van der Waals surface area (Å²) in [5, 5.41) is 0. The Bertz CT molecular complexity index is 1030. The average Bonchev–Trinajstić information content (AvgIpc) is 2.74. The summed E-state index contributed by atoms with van der Waals surface area (Å²) in [5.41, 5.74) is 2.93. The van der Waals surface area contributed by atoms with Crippen LogP contribution in [0.15, 0.2) is 48.5 Å². The molecular formula is C22H25FN2O4S. The Morgan fingerprint density at radius 3 is 2.83 bits per heavy atom. The van der Waals surface area contributed by atoms with Crippen molar-refractivity contribution in [3.8, 4) is 16.9 Å². The van der Waals surface area contributed by atoms with Crippen LogP contribution in [0.3, 0.4) is 0 Å². The van der Waals surface area contributed by atoms with E-state index in [0.29, 0.717) is 25.8 Å². The lowest BCUT2D eigenvalue weighted by Gasteiger charge is -2.42. The van der Waals surface area contributed by atoms with Gasteiger partial charge >= 0.3 is 0 Å². The smallest absolute Gasteiger partial charge is 0.241 e. The number of piperidine rings is 1. The number of carbonyl (C=O) groups excluding carboxylic acids is 1. The number of hydrogen-bond acceptors (Lipinski definition) is 4. The minimum absolute atomic E-state index is 0.0849. The van der Waals surface area contributed by atoms with Gasteiger partial charge in [-0.1, -0.05) is 42.5 Å². The van der Waals surface area contributed by atoms with Gasteiger partial charge < -0.3 is 9.64 Å². The number of amides is 1. The van der Waals surface area contributed by atoms with Crippen molar-refractivity contribution >= 4 is 15.9 Å². The second kappa shape index (κ2) is 8.73. The molecule has 0 unspecified atom stereocenters. The van der Waals surface area contributed by atoms with Gasteiger partial charge in [-0.15, -0.1) is 0 Å². The lowest BCUT2D eigenvalue weighted by Crippen LogP contribution is -2.58. The normalized spacial score (nSPS) is 22.2. The number of halogens is 1. The number of hydrogen-bond donors (Lipinski definition) is 1. The van der Waals surface area contributed by atoms with Gasteiger partial charge in [0.15, 0.2) is 0 Å². The molecular weight excluding hydrogens is 407 g/mol. The van der Waals surface area contributed by atoms with Crippen LogP contribution in [0.25, 0.3) is 11.1 Å². The third-order valence-corrected chi connectivity index (χ3v) is 6.67. The first-order valence-electron chi connectivity index (χ1n) is 10.1. The Hall–Kier alpha value is -2.45. The molecule has 2 aliphatic rings. The molecule has 0 aromatic heterocycles. The van der Waals surface area contributed by atoms with Gasteiger partial charge in [0.1, 0.15) is 5.75 Å². The van der Waals surface area contributed by atoms with Crippen molar-refractivity contribution < 1.29 is 22.3 Å². The monoisotopic (exact) mass is 432 g/mol. The third-order valence-electron chi connectivity index (χ3n) is 5.72. The lowest BCUT2D eigenvalue weighted by atomic mass is 9.90. The van der Waals surface area contributed by atoms with Gasteiger partial charge in [-0.05, 0) is 36.5 Å². The fourth-order valence-corrected chi connectivity index (χ4v) is 5.15. The standard InChI is InChI=1S/C22H25FN2O4S/c23-15-30(27,28)24-19-8-4-11-25-20(19)14-16-5-3-6-17(13-16)18-7-1-2-9-21(18)29-12-10-22(25)26/h1-3,5-7,9,13,19-20,24H,4,8,10-12,14-15H2/t19-,20-/m0/s1. The Labute approximate surface area is 176 Å². The number of carbonyl (C=O) groups is 1. The number of fused-ring (bicyclic) bond motifs is 5. The van der Waals surface area contributed by atoms with Crippen molar-refractivity contribution in [1.29, 1.82) is 0 Å². The molecule has 0 aliphatic carbocycles. The van der Waals surface area contributed by atoms with Gasteiger partial charge in [0.05, 0.1) is 19.1 Å². The quantitative estimate of drug-likeness (QED) is 0.809. The lowest BCUT2D eigenvalue weighted by molar-refractivity contribution is -0.136. The molecule has 0 saturated carbocycles. The zero-order valence-electron chi connectivity index (χ0n) is 16.6. The summed E-state index contributed by atoms with van der Waals surface area (Å²) in [6.07, 6.45) is 1.90. The number of nitrogens with zero attached hydrogens (tertiary/aromatic N) is 1. The first-order valence-corrected chi connectivity index (χ1v) is 11.8. The molecule has 2 heterocycles. The van der Waals surface area contributed by atoms with Crippen LogP contribution in [0.2, 0.25) is 0 Å². The molecule has 2 aliphatic heterocycles. The van der Waals surface area contributed by atoms with Gasteiger partial charge in [0.2, 0.25) is 21.9 Å². The van der Waals surface area contributed by atoms with E-state index in [0.717, 1.165) is 22.4 Å². The Morgan fingerprint density at radius 2 is 2.00 bits per heavy atom. The molecule has 30 heavy (non-hydrogen) atoms.